The van der Waals surface area contributed by atoms with Crippen molar-refractivity contribution in [1.82, 2.24) is 0 Å². The van der Waals surface area contributed by atoms with Gasteiger partial charge in [0, 0.05) is 23.9 Å². The van der Waals surface area contributed by atoms with Crippen molar-refractivity contribution >= 4 is 11.4 Å². The minimum Gasteiger partial charge on any atom is -0.382 e. The Balaban J connectivity index is 1.80. The first-order chi connectivity index (χ1) is 8.63. The number of nitro groups is 1. The van der Waals surface area contributed by atoms with Crippen LogP contribution < -0.4 is 5.32 Å². The predicted octanol–water partition coefficient (Wildman–Crippen LogP) is 3.50. The van der Waals surface area contributed by atoms with Gasteiger partial charge < -0.3 is 5.32 Å². The van der Waals surface area contributed by atoms with Crippen molar-refractivity contribution in [2.24, 2.45) is 11.8 Å². The largest absolute Gasteiger partial charge is 0.382 e. The lowest BCUT2D eigenvalue weighted by Crippen LogP contribution is -2.24. The zero-order chi connectivity index (χ0) is 12.7. The molecule has 1 N–H and O–H groups in total. The molecule has 18 heavy (non-hydrogen) atoms. The van der Waals surface area contributed by atoms with Crippen LogP contribution in [0.1, 0.15) is 31.2 Å². The first-order valence-corrected chi connectivity index (χ1v) is 6.66. The molecule has 0 unspecified atom stereocenters. The van der Waals surface area contributed by atoms with Crippen molar-refractivity contribution in [3.05, 3.63) is 33.9 Å². The lowest BCUT2D eigenvalue weighted by Gasteiger charge is -2.19. The quantitative estimate of drug-likeness (QED) is 0.639. The van der Waals surface area contributed by atoms with Crippen molar-refractivity contribution in [2.45, 2.75) is 38.6 Å². The number of benzene rings is 1. The van der Waals surface area contributed by atoms with Crippen LogP contribution in [-0.2, 0) is 0 Å². The second-order valence-electron chi connectivity index (χ2n) is 5.66. The van der Waals surface area contributed by atoms with Crippen LogP contribution in [0.5, 0.6) is 0 Å². The Morgan fingerprint density at radius 3 is 2.33 bits per heavy atom. The van der Waals surface area contributed by atoms with E-state index in [0.29, 0.717) is 6.04 Å². The van der Waals surface area contributed by atoms with Gasteiger partial charge in [0.05, 0.1) is 4.92 Å². The summed E-state index contributed by atoms with van der Waals surface area (Å²) in [4.78, 5) is 10.5. The van der Waals surface area contributed by atoms with Crippen molar-refractivity contribution in [3.63, 3.8) is 0 Å². The van der Waals surface area contributed by atoms with E-state index in [2.05, 4.69) is 5.32 Å². The number of anilines is 1. The summed E-state index contributed by atoms with van der Waals surface area (Å²) in [7, 11) is 0. The van der Waals surface area contributed by atoms with Gasteiger partial charge >= 0.3 is 0 Å². The number of nitro benzene ring substituents is 1. The molecule has 2 fully saturated rings. The van der Waals surface area contributed by atoms with Crippen molar-refractivity contribution in [1.29, 1.82) is 0 Å². The molecule has 0 atom stereocenters. The first kappa shape index (κ1) is 11.5. The van der Waals surface area contributed by atoms with Crippen LogP contribution in [-0.4, -0.2) is 11.0 Å². The van der Waals surface area contributed by atoms with Gasteiger partial charge in [-0.2, -0.15) is 0 Å². The van der Waals surface area contributed by atoms with Crippen LogP contribution in [0.25, 0.3) is 0 Å². The highest BCUT2D eigenvalue weighted by Gasteiger charge is 2.41. The van der Waals surface area contributed by atoms with Gasteiger partial charge in [-0.3, -0.25) is 10.1 Å². The van der Waals surface area contributed by atoms with Crippen molar-refractivity contribution in [2.75, 3.05) is 5.32 Å². The molecule has 2 aliphatic carbocycles. The maximum atomic E-state index is 10.9. The van der Waals surface area contributed by atoms with Gasteiger partial charge in [0.25, 0.3) is 5.69 Å². The molecule has 0 aliphatic heterocycles. The molecule has 4 heteroatoms. The van der Waals surface area contributed by atoms with Gasteiger partial charge in [0.2, 0.25) is 0 Å². The minimum absolute atomic E-state index is 0.183. The van der Waals surface area contributed by atoms with E-state index in [1.807, 2.05) is 13.0 Å². The summed E-state index contributed by atoms with van der Waals surface area (Å²) in [5.74, 6) is 1.58. The smallest absolute Gasteiger partial charge is 0.271 e. The third-order valence-electron chi connectivity index (χ3n) is 3.87. The summed E-state index contributed by atoms with van der Waals surface area (Å²) >= 11 is 0. The molecule has 0 saturated heterocycles. The lowest BCUT2D eigenvalue weighted by atomic mass is 10.1. The fourth-order valence-electron chi connectivity index (χ4n) is 2.68. The standard InChI is InChI=1S/C14H18N2O2/c1-9-6-12(8-13(7-9)16(17)18)15-14(10-2-3-10)11-4-5-11/h6-8,10-11,14-15H,2-5H2,1H3. The predicted molar refractivity (Wildman–Crippen MR) is 70.7 cm³/mol. The molecule has 96 valence electrons. The maximum absolute atomic E-state index is 10.9. The van der Waals surface area contributed by atoms with Crippen LogP contribution in [0.15, 0.2) is 18.2 Å². The highest BCUT2D eigenvalue weighted by molar-refractivity contribution is 5.54. The Morgan fingerprint density at radius 2 is 1.83 bits per heavy atom. The normalized spacial score (nSPS) is 19.0. The Kier molecular flexibility index (Phi) is 2.73. The van der Waals surface area contributed by atoms with Crippen LogP contribution in [0.4, 0.5) is 11.4 Å². The van der Waals surface area contributed by atoms with E-state index in [-0.39, 0.29) is 10.6 Å². The Bertz CT molecular complexity index is 467. The number of hydrogen-bond acceptors (Lipinski definition) is 3. The van der Waals surface area contributed by atoms with Gasteiger partial charge in [0.1, 0.15) is 0 Å². The summed E-state index contributed by atoms with van der Waals surface area (Å²) in [6, 6.07) is 5.82. The van der Waals surface area contributed by atoms with E-state index in [1.54, 1.807) is 12.1 Å². The highest BCUT2D eigenvalue weighted by Crippen LogP contribution is 2.46. The van der Waals surface area contributed by atoms with Crippen LogP contribution in [0, 0.1) is 28.9 Å². The number of nitrogens with zero attached hydrogens (tertiary/aromatic N) is 1. The molecule has 2 aliphatic rings. The summed E-state index contributed by atoms with van der Waals surface area (Å²) in [5.41, 5.74) is 2.03. The fourth-order valence-corrected chi connectivity index (χ4v) is 2.68. The van der Waals surface area contributed by atoms with E-state index >= 15 is 0 Å². The van der Waals surface area contributed by atoms with E-state index in [0.717, 1.165) is 23.1 Å². The number of non-ortho nitro benzene ring substituents is 1. The molecule has 0 spiro atoms. The molecular weight excluding hydrogens is 228 g/mol. The number of nitrogens with one attached hydrogen (secondary N) is 1. The third-order valence-corrected chi connectivity index (χ3v) is 3.87. The van der Waals surface area contributed by atoms with Gasteiger partial charge in [0.15, 0.2) is 0 Å². The van der Waals surface area contributed by atoms with E-state index in [9.17, 15) is 10.1 Å². The van der Waals surface area contributed by atoms with Gasteiger partial charge in [-0.25, -0.2) is 0 Å². The Labute approximate surface area is 107 Å². The third kappa shape index (κ3) is 2.47. The van der Waals surface area contributed by atoms with Gasteiger partial charge in [-0.15, -0.1) is 0 Å². The summed E-state index contributed by atoms with van der Waals surface area (Å²) < 4.78 is 0. The number of rotatable bonds is 5. The SMILES string of the molecule is Cc1cc(NC(C2CC2)C2CC2)cc([N+](=O)[O-])c1. The first-order valence-electron chi connectivity index (χ1n) is 6.66. The molecular formula is C14H18N2O2. The van der Waals surface area contributed by atoms with Crippen LogP contribution in [0.2, 0.25) is 0 Å². The summed E-state index contributed by atoms with van der Waals surface area (Å²) in [5, 5.41) is 14.4. The fraction of sp³-hybridized carbons (Fsp3) is 0.571. The Hall–Kier alpha value is -1.58. The molecule has 3 rings (SSSR count). The van der Waals surface area contributed by atoms with E-state index in [4.69, 9.17) is 0 Å². The van der Waals surface area contributed by atoms with E-state index in [1.165, 1.54) is 25.7 Å². The van der Waals surface area contributed by atoms with E-state index < -0.39 is 0 Å². The second kappa shape index (κ2) is 4.26. The van der Waals surface area contributed by atoms with Crippen molar-refractivity contribution in [3.8, 4) is 0 Å². The Morgan fingerprint density at radius 1 is 1.22 bits per heavy atom. The molecule has 1 aromatic carbocycles. The average molecular weight is 246 g/mol. The molecule has 0 heterocycles. The molecule has 0 aromatic heterocycles. The zero-order valence-electron chi connectivity index (χ0n) is 10.6. The van der Waals surface area contributed by atoms with Crippen LogP contribution >= 0.6 is 0 Å². The monoisotopic (exact) mass is 246 g/mol. The lowest BCUT2D eigenvalue weighted by molar-refractivity contribution is -0.384. The molecule has 4 nitrogen and oxygen atoms in total. The molecule has 0 amide bonds. The van der Waals surface area contributed by atoms with Gasteiger partial charge in [-0.05, 0) is 56.1 Å². The molecule has 0 radical (unpaired) electrons. The number of aryl methyl sites for hydroxylation is 1. The average Bonchev–Trinajstić information content (AvgIpc) is 3.16. The maximum Gasteiger partial charge on any atom is 0.271 e. The molecule has 0 bridgehead atoms. The molecule has 2 saturated carbocycles. The van der Waals surface area contributed by atoms with Crippen molar-refractivity contribution < 1.29 is 4.92 Å². The van der Waals surface area contributed by atoms with Crippen LogP contribution in [0.3, 0.4) is 0 Å². The molecule has 1 aromatic rings. The topological polar surface area (TPSA) is 55.2 Å². The number of hydrogen-bond donors (Lipinski definition) is 1. The second-order valence-corrected chi connectivity index (χ2v) is 5.66. The zero-order valence-corrected chi connectivity index (χ0v) is 10.6. The van der Waals surface area contributed by atoms with Gasteiger partial charge in [-0.1, -0.05) is 0 Å². The summed E-state index contributed by atoms with van der Waals surface area (Å²) in [6.07, 6.45) is 5.23. The summed E-state index contributed by atoms with van der Waals surface area (Å²) in [6.45, 7) is 1.90. The minimum atomic E-state index is -0.318. The highest BCUT2D eigenvalue weighted by atomic mass is 16.6.